The van der Waals surface area contributed by atoms with Crippen LogP contribution in [0.4, 0.5) is 19.0 Å². The quantitative estimate of drug-likeness (QED) is 0.877. The van der Waals surface area contributed by atoms with Crippen LogP contribution in [0.3, 0.4) is 0 Å². The van der Waals surface area contributed by atoms with Crippen molar-refractivity contribution in [2.24, 2.45) is 5.92 Å². The van der Waals surface area contributed by atoms with Crippen molar-refractivity contribution in [2.45, 2.75) is 57.7 Å². The van der Waals surface area contributed by atoms with Crippen LogP contribution in [0.5, 0.6) is 0 Å². The fourth-order valence-corrected chi connectivity index (χ4v) is 4.24. The van der Waals surface area contributed by atoms with E-state index in [1.807, 2.05) is 0 Å². The maximum Gasteiger partial charge on any atom is 0.453 e. The number of piperidine rings is 1. The van der Waals surface area contributed by atoms with E-state index in [4.69, 9.17) is 0 Å². The predicted molar refractivity (Wildman–Crippen MR) is 95.6 cm³/mol. The Balaban J connectivity index is 1.43. The molecule has 0 atom stereocenters. The minimum absolute atomic E-state index is 0.0245. The number of hydrogen-bond acceptors (Lipinski definition) is 5. The summed E-state index contributed by atoms with van der Waals surface area (Å²) in [6, 6.07) is 1.94. The lowest BCUT2D eigenvalue weighted by atomic mass is 10.0. The molecule has 0 amide bonds. The van der Waals surface area contributed by atoms with Crippen molar-refractivity contribution in [3.8, 4) is 0 Å². The number of nitrogens with one attached hydrogen (secondary N) is 1. The van der Waals surface area contributed by atoms with Crippen molar-refractivity contribution >= 4 is 11.6 Å². The van der Waals surface area contributed by atoms with E-state index in [0.29, 0.717) is 11.5 Å². The minimum Gasteiger partial charge on any atom is -0.367 e. The van der Waals surface area contributed by atoms with Crippen LogP contribution in [0, 0.1) is 12.8 Å². The highest BCUT2D eigenvalue weighted by molar-refractivity contribution is 5.46. The van der Waals surface area contributed by atoms with Crippen LogP contribution in [-0.4, -0.2) is 50.2 Å². The number of rotatable bonds is 4. The average Bonchev–Trinajstić information content (AvgIpc) is 3.25. The van der Waals surface area contributed by atoms with Crippen molar-refractivity contribution in [1.29, 1.82) is 0 Å². The molecule has 2 aromatic heterocycles. The van der Waals surface area contributed by atoms with Gasteiger partial charge in [-0.3, -0.25) is 0 Å². The number of nitrogens with zero attached hydrogens (tertiary/aromatic N) is 5. The fourth-order valence-electron chi connectivity index (χ4n) is 4.24. The van der Waals surface area contributed by atoms with E-state index in [0.717, 1.165) is 31.8 Å². The van der Waals surface area contributed by atoms with Crippen LogP contribution in [-0.2, 0) is 6.18 Å². The van der Waals surface area contributed by atoms with Gasteiger partial charge in [-0.2, -0.15) is 22.7 Å². The second-order valence-corrected chi connectivity index (χ2v) is 7.80. The molecule has 2 fully saturated rings. The summed E-state index contributed by atoms with van der Waals surface area (Å²) in [6.45, 7) is 4.97. The Morgan fingerprint density at radius 1 is 1.11 bits per heavy atom. The van der Waals surface area contributed by atoms with E-state index in [-0.39, 0.29) is 11.8 Å². The van der Waals surface area contributed by atoms with Crippen molar-refractivity contribution in [1.82, 2.24) is 24.5 Å². The van der Waals surface area contributed by atoms with Gasteiger partial charge in [0.05, 0.1) is 0 Å². The molecule has 2 aromatic rings. The van der Waals surface area contributed by atoms with Gasteiger partial charge in [0.25, 0.3) is 11.6 Å². The third-order valence-corrected chi connectivity index (χ3v) is 5.62. The monoisotopic (exact) mass is 382 g/mol. The van der Waals surface area contributed by atoms with E-state index < -0.39 is 12.0 Å². The summed E-state index contributed by atoms with van der Waals surface area (Å²) in [4.78, 5) is 10.1. The van der Waals surface area contributed by atoms with Crippen molar-refractivity contribution in [3.05, 3.63) is 17.6 Å². The highest BCUT2D eigenvalue weighted by Crippen LogP contribution is 2.28. The maximum absolute atomic E-state index is 12.9. The van der Waals surface area contributed by atoms with Gasteiger partial charge in [-0.15, -0.1) is 5.10 Å². The molecule has 0 radical (unpaired) electrons. The Hall–Kier alpha value is -1.90. The molecule has 27 heavy (non-hydrogen) atoms. The summed E-state index contributed by atoms with van der Waals surface area (Å²) in [5.74, 6) is 0.182. The van der Waals surface area contributed by atoms with Gasteiger partial charge in [0, 0.05) is 37.4 Å². The van der Waals surface area contributed by atoms with E-state index in [1.54, 1.807) is 13.0 Å². The lowest BCUT2D eigenvalue weighted by molar-refractivity contribution is -0.144. The molecule has 3 heterocycles. The molecule has 0 spiro atoms. The number of aromatic nitrogens is 4. The predicted octanol–water partition coefficient (Wildman–Crippen LogP) is 3.52. The van der Waals surface area contributed by atoms with Gasteiger partial charge in [0.15, 0.2) is 0 Å². The molecule has 1 saturated carbocycles. The van der Waals surface area contributed by atoms with Gasteiger partial charge in [0.2, 0.25) is 0 Å². The van der Waals surface area contributed by atoms with Gasteiger partial charge >= 0.3 is 6.18 Å². The Morgan fingerprint density at radius 3 is 2.48 bits per heavy atom. The number of alkyl halides is 3. The molecular formula is C18H25F3N6. The molecule has 1 aliphatic heterocycles. The third-order valence-electron chi connectivity index (χ3n) is 5.62. The summed E-state index contributed by atoms with van der Waals surface area (Å²) in [6.07, 6.45) is 2.77. The zero-order valence-corrected chi connectivity index (χ0v) is 15.5. The molecule has 4 rings (SSSR count). The lowest BCUT2D eigenvalue weighted by Crippen LogP contribution is -2.41. The van der Waals surface area contributed by atoms with Gasteiger partial charge < -0.3 is 10.2 Å². The first-order valence-electron chi connectivity index (χ1n) is 9.69. The number of halogens is 3. The molecule has 0 bridgehead atoms. The largest absolute Gasteiger partial charge is 0.453 e. The van der Waals surface area contributed by atoms with E-state index in [1.165, 1.54) is 36.7 Å². The summed E-state index contributed by atoms with van der Waals surface area (Å²) >= 11 is 0. The van der Waals surface area contributed by atoms with Crippen molar-refractivity contribution in [3.63, 3.8) is 0 Å². The van der Waals surface area contributed by atoms with E-state index in [9.17, 15) is 13.2 Å². The first-order valence-corrected chi connectivity index (χ1v) is 9.69. The first kappa shape index (κ1) is 18.5. The molecule has 0 aromatic carbocycles. The molecule has 2 aliphatic rings. The Labute approximate surface area is 156 Å². The second-order valence-electron chi connectivity index (χ2n) is 7.80. The first-order chi connectivity index (χ1) is 12.9. The standard InChI is InChI=1S/C18H25F3N6/c1-12-10-15(27-17(22-12)24-16(25-27)18(19,20)21)23-14-6-8-26(9-7-14)11-13-4-2-3-5-13/h10,13-14,23H,2-9,11H2,1H3. The molecule has 0 unspecified atom stereocenters. The van der Waals surface area contributed by atoms with E-state index >= 15 is 0 Å². The maximum atomic E-state index is 12.9. The van der Waals surface area contributed by atoms with Gasteiger partial charge in [-0.1, -0.05) is 12.8 Å². The summed E-state index contributed by atoms with van der Waals surface area (Å²) < 4.78 is 40.0. The van der Waals surface area contributed by atoms with Crippen LogP contribution in [0.25, 0.3) is 5.78 Å². The number of anilines is 1. The summed E-state index contributed by atoms with van der Waals surface area (Å²) in [7, 11) is 0. The lowest BCUT2D eigenvalue weighted by Gasteiger charge is -2.34. The van der Waals surface area contributed by atoms with Crippen LogP contribution in [0.15, 0.2) is 6.07 Å². The number of aryl methyl sites for hydroxylation is 1. The Bertz CT molecular complexity index is 788. The molecular weight excluding hydrogens is 357 g/mol. The van der Waals surface area contributed by atoms with Crippen molar-refractivity contribution < 1.29 is 13.2 Å². The fraction of sp³-hybridized carbons (Fsp3) is 0.722. The highest BCUT2D eigenvalue weighted by atomic mass is 19.4. The molecule has 1 aliphatic carbocycles. The number of fused-ring (bicyclic) bond motifs is 1. The number of likely N-dealkylation sites (tertiary alicyclic amines) is 1. The molecule has 1 saturated heterocycles. The van der Waals surface area contributed by atoms with Crippen LogP contribution >= 0.6 is 0 Å². The topological polar surface area (TPSA) is 58.4 Å². The Kier molecular flexibility index (Phi) is 4.96. The highest BCUT2D eigenvalue weighted by Gasteiger charge is 2.37. The van der Waals surface area contributed by atoms with Crippen LogP contribution < -0.4 is 5.32 Å². The summed E-state index contributed by atoms with van der Waals surface area (Å²) in [5, 5.41) is 6.99. The van der Waals surface area contributed by atoms with Crippen LogP contribution in [0.1, 0.15) is 50.0 Å². The molecule has 1 N–H and O–H groups in total. The molecule has 9 heteroatoms. The van der Waals surface area contributed by atoms with Gasteiger partial charge in [-0.05, 0) is 38.5 Å². The van der Waals surface area contributed by atoms with Crippen molar-refractivity contribution in [2.75, 3.05) is 25.0 Å². The zero-order valence-electron chi connectivity index (χ0n) is 15.5. The minimum atomic E-state index is -4.58. The Morgan fingerprint density at radius 2 is 1.81 bits per heavy atom. The smallest absolute Gasteiger partial charge is 0.367 e. The van der Waals surface area contributed by atoms with Crippen LogP contribution in [0.2, 0.25) is 0 Å². The number of hydrogen-bond donors (Lipinski definition) is 1. The van der Waals surface area contributed by atoms with Gasteiger partial charge in [-0.25, -0.2) is 4.98 Å². The third kappa shape index (κ3) is 4.17. The normalized spacial score (nSPS) is 20.6. The van der Waals surface area contributed by atoms with Gasteiger partial charge in [0.1, 0.15) is 5.82 Å². The average molecular weight is 382 g/mol. The zero-order chi connectivity index (χ0) is 19.0. The molecule has 6 nitrogen and oxygen atoms in total. The SMILES string of the molecule is Cc1cc(NC2CCN(CC3CCCC3)CC2)n2nc(C(F)(F)F)nc2n1. The summed E-state index contributed by atoms with van der Waals surface area (Å²) in [5.41, 5.74) is 0.616. The molecule has 148 valence electrons. The van der Waals surface area contributed by atoms with E-state index in [2.05, 4.69) is 25.3 Å². The second kappa shape index (κ2) is 7.26.